The van der Waals surface area contributed by atoms with Crippen molar-refractivity contribution in [1.29, 1.82) is 0 Å². The third-order valence-corrected chi connectivity index (χ3v) is 4.49. The number of pyridine rings is 1. The van der Waals surface area contributed by atoms with Crippen molar-refractivity contribution < 1.29 is 18.3 Å². The third kappa shape index (κ3) is 8.66. The van der Waals surface area contributed by atoms with E-state index >= 15 is 0 Å². The second-order valence-electron chi connectivity index (χ2n) is 9.24. The number of hydrogen-bond donors (Lipinski definition) is 1. The van der Waals surface area contributed by atoms with E-state index in [0.29, 0.717) is 21.4 Å². The normalized spacial score (nSPS) is 12.5. The van der Waals surface area contributed by atoms with Gasteiger partial charge >= 0.3 is 6.09 Å². The van der Waals surface area contributed by atoms with Gasteiger partial charge in [-0.15, -0.1) is 0 Å². The Morgan fingerprint density at radius 1 is 1.13 bits per heavy atom. The molecule has 4 nitrogen and oxygen atoms in total. The predicted octanol–water partition coefficient (Wildman–Crippen LogP) is 6.33. The first-order valence-corrected chi connectivity index (χ1v) is 10.7. The van der Waals surface area contributed by atoms with Gasteiger partial charge in [0.1, 0.15) is 22.9 Å². The van der Waals surface area contributed by atoms with E-state index in [0.717, 1.165) is 6.07 Å². The van der Waals surface area contributed by atoms with Crippen LogP contribution in [0.25, 0.3) is 0 Å². The molecule has 0 aliphatic heterocycles. The van der Waals surface area contributed by atoms with Gasteiger partial charge in [0.25, 0.3) is 0 Å². The van der Waals surface area contributed by atoms with E-state index in [1.165, 1.54) is 12.1 Å². The minimum Gasteiger partial charge on any atom is -0.444 e. The molecule has 1 amide bonds. The zero-order chi connectivity index (χ0) is 23.4. The molecule has 2 rings (SSSR count). The van der Waals surface area contributed by atoms with Crippen molar-refractivity contribution in [2.45, 2.75) is 59.6 Å². The Balaban J connectivity index is 2.45. The average molecular weight is 493 g/mol. The standard InChI is InChI=1S/C24H27BrF2N2O2/c1-23(2,3)10-9-18-7-8-19(25)21(28-18)20(29-22(30)31-24(4,5)6)13-15-11-16(26)14-17(27)12-15/h7-8,11-12,14,20H,13H2,1-6H3,(H,29,30). The highest BCUT2D eigenvalue weighted by Crippen LogP contribution is 2.26. The number of rotatable bonds is 4. The lowest BCUT2D eigenvalue weighted by molar-refractivity contribution is 0.0502. The van der Waals surface area contributed by atoms with Crippen molar-refractivity contribution in [2.24, 2.45) is 5.41 Å². The molecule has 0 aliphatic carbocycles. The summed E-state index contributed by atoms with van der Waals surface area (Å²) in [7, 11) is 0. The maximum Gasteiger partial charge on any atom is 0.408 e. The van der Waals surface area contributed by atoms with Gasteiger partial charge in [0, 0.05) is 16.0 Å². The smallest absolute Gasteiger partial charge is 0.408 e. The van der Waals surface area contributed by atoms with E-state index in [4.69, 9.17) is 4.74 Å². The Labute approximate surface area is 190 Å². The van der Waals surface area contributed by atoms with Crippen LogP contribution in [0.4, 0.5) is 13.6 Å². The Morgan fingerprint density at radius 3 is 2.29 bits per heavy atom. The molecule has 0 spiro atoms. The quantitative estimate of drug-likeness (QED) is 0.507. The SMILES string of the molecule is CC(C)(C)C#Cc1ccc(Br)c(C(Cc2cc(F)cc(F)c2)NC(=O)OC(C)(C)C)n1. The highest BCUT2D eigenvalue weighted by molar-refractivity contribution is 9.10. The monoisotopic (exact) mass is 492 g/mol. The van der Waals surface area contributed by atoms with Crippen LogP contribution < -0.4 is 5.32 Å². The van der Waals surface area contributed by atoms with E-state index in [9.17, 15) is 13.6 Å². The van der Waals surface area contributed by atoms with Crippen molar-refractivity contribution in [3.8, 4) is 11.8 Å². The molecule has 0 bridgehead atoms. The number of amides is 1. The van der Waals surface area contributed by atoms with Crippen molar-refractivity contribution in [2.75, 3.05) is 0 Å². The maximum absolute atomic E-state index is 13.7. The van der Waals surface area contributed by atoms with Crippen molar-refractivity contribution >= 4 is 22.0 Å². The number of nitrogens with zero attached hydrogens (tertiary/aromatic N) is 1. The molecule has 166 valence electrons. The summed E-state index contributed by atoms with van der Waals surface area (Å²) in [5.74, 6) is 4.77. The molecule has 1 unspecified atom stereocenters. The lowest BCUT2D eigenvalue weighted by Crippen LogP contribution is -2.36. The van der Waals surface area contributed by atoms with Crippen LogP contribution in [0.5, 0.6) is 0 Å². The maximum atomic E-state index is 13.7. The summed E-state index contributed by atoms with van der Waals surface area (Å²) >= 11 is 3.46. The third-order valence-electron chi connectivity index (χ3n) is 3.82. The summed E-state index contributed by atoms with van der Waals surface area (Å²) in [6, 6.07) is 6.09. The molecule has 1 N–H and O–H groups in total. The van der Waals surface area contributed by atoms with Crippen LogP contribution in [0.2, 0.25) is 0 Å². The van der Waals surface area contributed by atoms with Crippen molar-refractivity contribution in [1.82, 2.24) is 10.3 Å². The molecule has 1 atom stereocenters. The fourth-order valence-electron chi connectivity index (χ4n) is 2.65. The van der Waals surface area contributed by atoms with E-state index in [1.807, 2.05) is 20.8 Å². The van der Waals surface area contributed by atoms with Gasteiger partial charge in [-0.25, -0.2) is 18.6 Å². The highest BCUT2D eigenvalue weighted by Gasteiger charge is 2.24. The van der Waals surface area contributed by atoms with Crippen molar-refractivity contribution in [3.05, 3.63) is 63.4 Å². The molecule has 1 aromatic carbocycles. The first-order valence-electron chi connectivity index (χ1n) is 9.86. The number of hydrogen-bond acceptors (Lipinski definition) is 3. The Kier molecular flexibility index (Phi) is 7.82. The molecule has 1 aromatic heterocycles. The molecule has 0 saturated carbocycles. The molecule has 31 heavy (non-hydrogen) atoms. The molecule has 0 fully saturated rings. The highest BCUT2D eigenvalue weighted by atomic mass is 79.9. The number of ether oxygens (including phenoxy) is 1. The molecule has 1 heterocycles. The molecular formula is C24H27BrF2N2O2. The first-order chi connectivity index (χ1) is 14.2. The van der Waals surface area contributed by atoms with Crippen LogP contribution in [0.15, 0.2) is 34.8 Å². The summed E-state index contributed by atoms with van der Waals surface area (Å²) in [5.41, 5.74) is 0.469. The predicted molar refractivity (Wildman–Crippen MR) is 120 cm³/mol. The lowest BCUT2D eigenvalue weighted by atomic mass is 9.98. The topological polar surface area (TPSA) is 51.2 Å². The zero-order valence-electron chi connectivity index (χ0n) is 18.6. The van der Waals surface area contributed by atoms with E-state index < -0.39 is 29.4 Å². The molecule has 0 radical (unpaired) electrons. The number of benzene rings is 1. The van der Waals surface area contributed by atoms with Gasteiger partial charge in [-0.1, -0.05) is 5.92 Å². The van der Waals surface area contributed by atoms with Gasteiger partial charge in [-0.3, -0.25) is 0 Å². The van der Waals surface area contributed by atoms with Gasteiger partial charge in [-0.05, 0) is 99.6 Å². The molecular weight excluding hydrogens is 466 g/mol. The van der Waals surface area contributed by atoms with Crippen LogP contribution in [0.3, 0.4) is 0 Å². The zero-order valence-corrected chi connectivity index (χ0v) is 20.2. The van der Waals surface area contributed by atoms with Gasteiger partial charge in [0.05, 0.1) is 11.7 Å². The summed E-state index contributed by atoms with van der Waals surface area (Å²) in [6.45, 7) is 11.2. The van der Waals surface area contributed by atoms with Gasteiger partial charge in [0.15, 0.2) is 0 Å². The van der Waals surface area contributed by atoms with Crippen LogP contribution in [0.1, 0.15) is 64.5 Å². The average Bonchev–Trinajstić information content (AvgIpc) is 2.57. The first kappa shape index (κ1) is 24.8. The largest absolute Gasteiger partial charge is 0.444 e. The van der Waals surface area contributed by atoms with Crippen LogP contribution in [0, 0.1) is 28.9 Å². The number of carbonyl (C=O) groups excluding carboxylic acids is 1. The summed E-state index contributed by atoms with van der Waals surface area (Å²) in [5, 5.41) is 2.77. The van der Waals surface area contributed by atoms with Gasteiger partial charge in [-0.2, -0.15) is 0 Å². The Morgan fingerprint density at radius 2 is 1.74 bits per heavy atom. The van der Waals surface area contributed by atoms with E-state index in [-0.39, 0.29) is 11.8 Å². The van der Waals surface area contributed by atoms with Gasteiger partial charge < -0.3 is 10.1 Å². The van der Waals surface area contributed by atoms with Gasteiger partial charge in [0.2, 0.25) is 0 Å². The molecule has 2 aromatic rings. The van der Waals surface area contributed by atoms with Crippen LogP contribution >= 0.6 is 15.9 Å². The molecule has 7 heteroatoms. The Bertz CT molecular complexity index is 995. The van der Waals surface area contributed by atoms with Crippen LogP contribution in [-0.4, -0.2) is 16.7 Å². The van der Waals surface area contributed by atoms with Crippen LogP contribution in [-0.2, 0) is 11.2 Å². The second kappa shape index (κ2) is 9.78. The molecule has 0 aliphatic rings. The summed E-state index contributed by atoms with van der Waals surface area (Å²) in [4.78, 5) is 17.1. The summed E-state index contributed by atoms with van der Waals surface area (Å²) < 4.78 is 33.5. The number of alkyl carbamates (subject to hydrolysis) is 1. The van der Waals surface area contributed by atoms with E-state index in [1.54, 1.807) is 32.9 Å². The lowest BCUT2D eigenvalue weighted by Gasteiger charge is -2.24. The number of halogens is 3. The Hall–Kier alpha value is -2.46. The molecule has 0 saturated heterocycles. The minimum atomic E-state index is -0.707. The fourth-order valence-corrected chi connectivity index (χ4v) is 3.15. The minimum absolute atomic E-state index is 0.107. The summed E-state index contributed by atoms with van der Waals surface area (Å²) in [6.07, 6.45) is -0.551. The van der Waals surface area contributed by atoms with Crippen molar-refractivity contribution in [3.63, 3.8) is 0 Å². The fraction of sp³-hybridized carbons (Fsp3) is 0.417. The number of nitrogens with one attached hydrogen (secondary N) is 1. The number of aromatic nitrogens is 1. The van der Waals surface area contributed by atoms with E-state index in [2.05, 4.69) is 38.1 Å². The number of carbonyl (C=O) groups is 1. The second-order valence-corrected chi connectivity index (χ2v) is 10.1.